The summed E-state index contributed by atoms with van der Waals surface area (Å²) in [4.78, 5) is 15.8. The van der Waals surface area contributed by atoms with Crippen molar-refractivity contribution in [1.29, 1.82) is 0 Å². The molecule has 0 aliphatic heterocycles. The van der Waals surface area contributed by atoms with E-state index in [9.17, 15) is 9.90 Å². The van der Waals surface area contributed by atoms with Crippen molar-refractivity contribution in [2.24, 2.45) is 0 Å². The maximum atomic E-state index is 11.3. The van der Waals surface area contributed by atoms with Gasteiger partial charge in [0.25, 0.3) is 0 Å². The van der Waals surface area contributed by atoms with Gasteiger partial charge in [0.2, 0.25) is 0 Å². The Bertz CT molecular complexity index is 403. The second kappa shape index (κ2) is 6.29. The Labute approximate surface area is 112 Å². The van der Waals surface area contributed by atoms with E-state index in [1.807, 2.05) is 12.3 Å². The number of aromatic nitrogens is 1. The number of aliphatic carboxylic acids is 1. The molecule has 0 aliphatic carbocycles. The van der Waals surface area contributed by atoms with Crippen LogP contribution in [0, 0.1) is 0 Å². The number of nitrogens with zero attached hydrogens (tertiary/aromatic N) is 1. The Morgan fingerprint density at radius 1 is 1.61 bits per heavy atom. The van der Waals surface area contributed by atoms with Crippen LogP contribution < -0.4 is 5.32 Å². The predicted molar refractivity (Wildman–Crippen MR) is 74.0 cm³/mol. The average molecular weight is 270 g/mol. The maximum absolute atomic E-state index is 11.3. The minimum absolute atomic E-state index is 0.422. The van der Waals surface area contributed by atoms with Crippen LogP contribution in [0.4, 0.5) is 0 Å². The molecule has 18 heavy (non-hydrogen) atoms. The Balaban J connectivity index is 2.64. The van der Waals surface area contributed by atoms with Gasteiger partial charge in [-0.3, -0.25) is 10.1 Å². The molecule has 4 nitrogen and oxygen atoms in total. The van der Waals surface area contributed by atoms with Crippen LogP contribution in [-0.2, 0) is 11.3 Å². The first-order valence-electron chi connectivity index (χ1n) is 6.31. The third-order valence-corrected chi connectivity index (χ3v) is 4.14. The van der Waals surface area contributed by atoms with Crippen molar-refractivity contribution in [3.05, 3.63) is 16.1 Å². The summed E-state index contributed by atoms with van der Waals surface area (Å²) >= 11 is 1.63. The van der Waals surface area contributed by atoms with Gasteiger partial charge in [0, 0.05) is 17.8 Å². The first-order chi connectivity index (χ1) is 8.39. The highest BCUT2D eigenvalue weighted by Crippen LogP contribution is 2.20. The van der Waals surface area contributed by atoms with Crippen LogP contribution in [0.25, 0.3) is 0 Å². The van der Waals surface area contributed by atoms with Gasteiger partial charge in [-0.15, -0.1) is 11.3 Å². The molecule has 0 saturated heterocycles. The number of hydrogen-bond donors (Lipinski definition) is 2. The first-order valence-corrected chi connectivity index (χ1v) is 7.19. The standard InChI is InChI=1S/C13H22N2O2S/c1-5-6-13(4,12(16)17)14-7-10-8-18-11(15-10)9(2)3/h8-9,14H,5-7H2,1-4H3,(H,16,17). The Morgan fingerprint density at radius 2 is 2.28 bits per heavy atom. The highest BCUT2D eigenvalue weighted by molar-refractivity contribution is 7.09. The van der Waals surface area contributed by atoms with Gasteiger partial charge in [-0.2, -0.15) is 0 Å². The quantitative estimate of drug-likeness (QED) is 0.799. The molecule has 1 heterocycles. The lowest BCUT2D eigenvalue weighted by molar-refractivity contribution is -0.144. The van der Waals surface area contributed by atoms with E-state index in [0.717, 1.165) is 17.1 Å². The summed E-state index contributed by atoms with van der Waals surface area (Å²) in [7, 11) is 0. The molecule has 0 spiro atoms. The molecule has 1 rings (SSSR count). The third-order valence-electron chi connectivity index (χ3n) is 2.95. The Kier molecular flexibility index (Phi) is 5.28. The lowest BCUT2D eigenvalue weighted by Crippen LogP contribution is -2.49. The van der Waals surface area contributed by atoms with E-state index in [2.05, 4.69) is 24.1 Å². The maximum Gasteiger partial charge on any atom is 0.323 e. The van der Waals surface area contributed by atoms with Crippen molar-refractivity contribution < 1.29 is 9.90 Å². The van der Waals surface area contributed by atoms with Crippen LogP contribution in [0.5, 0.6) is 0 Å². The fourth-order valence-corrected chi connectivity index (χ4v) is 2.56. The lowest BCUT2D eigenvalue weighted by Gasteiger charge is -2.25. The Hall–Kier alpha value is -0.940. The van der Waals surface area contributed by atoms with E-state index in [-0.39, 0.29) is 0 Å². The summed E-state index contributed by atoms with van der Waals surface area (Å²) in [6.45, 7) is 8.44. The van der Waals surface area contributed by atoms with Crippen LogP contribution in [0.1, 0.15) is 57.2 Å². The number of carbonyl (C=O) groups is 1. The molecular weight excluding hydrogens is 248 g/mol. The molecule has 5 heteroatoms. The summed E-state index contributed by atoms with van der Waals surface area (Å²) < 4.78 is 0. The zero-order valence-corrected chi connectivity index (χ0v) is 12.3. The molecule has 1 atom stereocenters. The second-order valence-corrected chi connectivity index (χ2v) is 5.96. The summed E-state index contributed by atoms with van der Waals surface area (Å²) in [5.74, 6) is -0.381. The van der Waals surface area contributed by atoms with Crippen LogP contribution >= 0.6 is 11.3 Å². The van der Waals surface area contributed by atoms with Crippen LogP contribution in [0.2, 0.25) is 0 Å². The molecular formula is C13H22N2O2S. The largest absolute Gasteiger partial charge is 0.480 e. The zero-order chi connectivity index (χ0) is 13.8. The van der Waals surface area contributed by atoms with Gasteiger partial charge < -0.3 is 5.11 Å². The fraction of sp³-hybridized carbons (Fsp3) is 0.692. The van der Waals surface area contributed by atoms with E-state index < -0.39 is 11.5 Å². The van der Waals surface area contributed by atoms with E-state index in [1.54, 1.807) is 18.3 Å². The van der Waals surface area contributed by atoms with Crippen molar-refractivity contribution in [2.75, 3.05) is 0 Å². The molecule has 1 unspecified atom stereocenters. The molecule has 0 saturated carbocycles. The van der Waals surface area contributed by atoms with Gasteiger partial charge in [0.15, 0.2) is 0 Å². The zero-order valence-electron chi connectivity index (χ0n) is 11.5. The van der Waals surface area contributed by atoms with E-state index in [4.69, 9.17) is 0 Å². The number of thiazole rings is 1. The van der Waals surface area contributed by atoms with Gasteiger partial charge in [-0.05, 0) is 13.3 Å². The van der Waals surface area contributed by atoms with Crippen molar-refractivity contribution >= 4 is 17.3 Å². The van der Waals surface area contributed by atoms with Gasteiger partial charge in [-0.1, -0.05) is 27.2 Å². The fourth-order valence-electron chi connectivity index (χ4n) is 1.73. The number of nitrogens with one attached hydrogen (secondary N) is 1. The van der Waals surface area contributed by atoms with Crippen molar-refractivity contribution in [2.45, 2.75) is 58.5 Å². The van der Waals surface area contributed by atoms with Crippen LogP contribution in [0.15, 0.2) is 5.38 Å². The SMILES string of the molecule is CCCC(C)(NCc1csc(C(C)C)n1)C(=O)O. The molecule has 0 aliphatic rings. The average Bonchev–Trinajstić information content (AvgIpc) is 2.75. The molecule has 0 fully saturated rings. The molecule has 0 radical (unpaired) electrons. The smallest absolute Gasteiger partial charge is 0.323 e. The van der Waals surface area contributed by atoms with E-state index >= 15 is 0 Å². The minimum Gasteiger partial charge on any atom is -0.480 e. The van der Waals surface area contributed by atoms with Gasteiger partial charge in [-0.25, -0.2) is 4.98 Å². The number of hydrogen-bond acceptors (Lipinski definition) is 4. The molecule has 0 aromatic carbocycles. The lowest BCUT2D eigenvalue weighted by atomic mass is 9.96. The molecule has 1 aromatic rings. The predicted octanol–water partition coefficient (Wildman–Crippen LogP) is 3.00. The van der Waals surface area contributed by atoms with Crippen LogP contribution in [0.3, 0.4) is 0 Å². The first kappa shape index (κ1) is 15.1. The minimum atomic E-state index is -0.865. The van der Waals surface area contributed by atoms with E-state index in [1.165, 1.54) is 0 Å². The summed E-state index contributed by atoms with van der Waals surface area (Å²) in [5, 5.41) is 15.5. The summed E-state index contributed by atoms with van der Waals surface area (Å²) in [5.41, 5.74) is 0.0587. The highest BCUT2D eigenvalue weighted by atomic mass is 32.1. The molecule has 0 amide bonds. The summed E-state index contributed by atoms with van der Waals surface area (Å²) in [6.07, 6.45) is 1.45. The van der Waals surface area contributed by atoms with Gasteiger partial charge in [0.05, 0.1) is 10.7 Å². The molecule has 1 aromatic heterocycles. The van der Waals surface area contributed by atoms with Crippen molar-refractivity contribution in [3.8, 4) is 0 Å². The summed E-state index contributed by atoms with van der Waals surface area (Å²) in [6, 6.07) is 0. The third kappa shape index (κ3) is 3.78. The number of carboxylic acid groups (broad SMARTS) is 1. The Morgan fingerprint density at radius 3 is 2.72 bits per heavy atom. The van der Waals surface area contributed by atoms with Gasteiger partial charge in [0.1, 0.15) is 5.54 Å². The second-order valence-electron chi connectivity index (χ2n) is 5.07. The molecule has 0 bridgehead atoms. The highest BCUT2D eigenvalue weighted by Gasteiger charge is 2.31. The van der Waals surface area contributed by atoms with Crippen molar-refractivity contribution in [1.82, 2.24) is 10.3 Å². The molecule has 102 valence electrons. The van der Waals surface area contributed by atoms with Gasteiger partial charge >= 0.3 is 5.97 Å². The van der Waals surface area contributed by atoms with Crippen LogP contribution in [-0.4, -0.2) is 21.6 Å². The number of carboxylic acids is 1. The normalized spacial score (nSPS) is 14.7. The monoisotopic (exact) mass is 270 g/mol. The van der Waals surface area contributed by atoms with E-state index in [0.29, 0.717) is 18.9 Å². The number of rotatable bonds is 7. The van der Waals surface area contributed by atoms with Crippen molar-refractivity contribution in [3.63, 3.8) is 0 Å². The molecule has 2 N–H and O–H groups in total. The topological polar surface area (TPSA) is 62.2 Å².